The van der Waals surface area contributed by atoms with E-state index in [2.05, 4.69) is 12.1 Å². The third-order valence-electron chi connectivity index (χ3n) is 4.60. The average Bonchev–Trinajstić information content (AvgIpc) is 3.03. The summed E-state index contributed by atoms with van der Waals surface area (Å²) in [6, 6.07) is 20.3. The highest BCUT2D eigenvalue weighted by Crippen LogP contribution is 2.23. The van der Waals surface area contributed by atoms with E-state index in [4.69, 9.17) is 5.10 Å². The van der Waals surface area contributed by atoms with E-state index >= 15 is 0 Å². The molecule has 0 N–H and O–H groups in total. The maximum atomic E-state index is 12.2. The lowest BCUT2D eigenvalue weighted by molar-refractivity contribution is -0.129. The zero-order valence-corrected chi connectivity index (χ0v) is 14.6. The van der Waals surface area contributed by atoms with Gasteiger partial charge >= 0.3 is 0 Å². The second-order valence-electron chi connectivity index (χ2n) is 6.49. The van der Waals surface area contributed by atoms with Crippen LogP contribution in [0.5, 0.6) is 0 Å². The van der Waals surface area contributed by atoms with E-state index in [1.54, 1.807) is 6.08 Å². The lowest BCUT2D eigenvalue weighted by Crippen LogP contribution is -2.40. The maximum Gasteiger partial charge on any atom is 0.246 e. The highest BCUT2D eigenvalue weighted by atomic mass is 16.2. The molecule has 4 heteroatoms. The van der Waals surface area contributed by atoms with E-state index in [-0.39, 0.29) is 5.91 Å². The summed E-state index contributed by atoms with van der Waals surface area (Å²) in [7, 11) is 0. The molecule has 1 aliphatic rings. The Kier molecular flexibility index (Phi) is 4.65. The van der Waals surface area contributed by atoms with Gasteiger partial charge in [-0.15, -0.1) is 0 Å². The molecule has 1 saturated heterocycles. The van der Waals surface area contributed by atoms with Crippen molar-refractivity contribution in [3.05, 3.63) is 84.1 Å². The molecule has 2 heterocycles. The Morgan fingerprint density at radius 3 is 2.35 bits per heavy atom. The Bertz CT molecular complexity index is 909. The molecular weight excluding hydrogens is 322 g/mol. The van der Waals surface area contributed by atoms with Crippen LogP contribution in [0.15, 0.2) is 72.9 Å². The number of amides is 1. The molecule has 26 heavy (non-hydrogen) atoms. The number of benzene rings is 2. The summed E-state index contributed by atoms with van der Waals surface area (Å²) in [5, 5.41) is 4.77. The summed E-state index contributed by atoms with van der Waals surface area (Å²) < 4.78 is 1.94. The molecule has 0 atom stereocenters. The van der Waals surface area contributed by atoms with Crippen molar-refractivity contribution in [2.24, 2.45) is 0 Å². The number of hydrogen-bond donors (Lipinski definition) is 0. The van der Waals surface area contributed by atoms with Gasteiger partial charge in [0, 0.05) is 36.5 Å². The Hall–Kier alpha value is -3.14. The molecule has 0 saturated carbocycles. The molecule has 4 nitrogen and oxygen atoms in total. The number of aromatic nitrogens is 2. The van der Waals surface area contributed by atoms with Crippen LogP contribution in [0.2, 0.25) is 0 Å². The van der Waals surface area contributed by atoms with Gasteiger partial charge in [0.05, 0.1) is 12.2 Å². The van der Waals surface area contributed by atoms with Crippen LogP contribution in [0.4, 0.5) is 0 Å². The van der Waals surface area contributed by atoms with E-state index in [0.717, 1.165) is 36.3 Å². The van der Waals surface area contributed by atoms with Gasteiger partial charge in [-0.25, -0.2) is 0 Å². The number of rotatable bonds is 5. The Morgan fingerprint density at radius 1 is 1.00 bits per heavy atom. The molecule has 0 spiro atoms. The van der Waals surface area contributed by atoms with Crippen molar-refractivity contribution >= 4 is 12.0 Å². The van der Waals surface area contributed by atoms with Crippen molar-refractivity contribution in [2.45, 2.75) is 13.0 Å². The molecule has 130 valence electrons. The summed E-state index contributed by atoms with van der Waals surface area (Å²) >= 11 is 0. The molecule has 4 rings (SSSR count). The van der Waals surface area contributed by atoms with Crippen LogP contribution in [0.1, 0.15) is 17.5 Å². The second kappa shape index (κ2) is 7.40. The summed E-state index contributed by atoms with van der Waals surface area (Å²) in [4.78, 5) is 14.0. The molecule has 1 aliphatic heterocycles. The molecule has 1 fully saturated rings. The minimum Gasteiger partial charge on any atom is -0.339 e. The fourth-order valence-electron chi connectivity index (χ4n) is 3.03. The molecule has 1 amide bonds. The highest BCUT2D eigenvalue weighted by Gasteiger charge is 2.18. The van der Waals surface area contributed by atoms with Gasteiger partial charge < -0.3 is 4.90 Å². The van der Waals surface area contributed by atoms with Gasteiger partial charge in [-0.2, -0.15) is 5.10 Å². The molecule has 1 aromatic heterocycles. The van der Waals surface area contributed by atoms with Gasteiger partial charge in [0.1, 0.15) is 0 Å². The van der Waals surface area contributed by atoms with Crippen LogP contribution in [-0.4, -0.2) is 33.7 Å². The molecule has 0 bridgehead atoms. The first-order valence-electron chi connectivity index (χ1n) is 8.93. The van der Waals surface area contributed by atoms with Crippen LogP contribution < -0.4 is 0 Å². The lowest BCUT2D eigenvalue weighted by atomic mass is 10.1. The van der Waals surface area contributed by atoms with Crippen LogP contribution in [0.25, 0.3) is 17.3 Å². The SMILES string of the molecule is O=C(C=Cc1cn(Cc2ccccc2)nc1-c1ccccc1)N1CCC1. The summed E-state index contributed by atoms with van der Waals surface area (Å²) in [6.45, 7) is 2.43. The standard InChI is InChI=1S/C22H21N3O/c26-21(24-14-7-15-24)13-12-20-17-25(16-18-8-3-1-4-9-18)23-22(20)19-10-5-2-6-11-19/h1-6,8-13,17H,7,14-16H2. The number of carbonyl (C=O) groups is 1. The molecule has 2 aromatic carbocycles. The van der Waals surface area contributed by atoms with Crippen molar-refractivity contribution in [3.8, 4) is 11.3 Å². The van der Waals surface area contributed by atoms with E-state index in [1.165, 1.54) is 5.56 Å². The van der Waals surface area contributed by atoms with E-state index in [1.807, 2.05) is 70.4 Å². The largest absolute Gasteiger partial charge is 0.339 e. The van der Waals surface area contributed by atoms with Crippen molar-refractivity contribution < 1.29 is 4.79 Å². The lowest BCUT2D eigenvalue weighted by Gasteiger charge is -2.29. The summed E-state index contributed by atoms with van der Waals surface area (Å²) in [6.07, 6.45) is 6.66. The van der Waals surface area contributed by atoms with Crippen LogP contribution in [-0.2, 0) is 11.3 Å². The molecule has 0 aliphatic carbocycles. The first-order chi connectivity index (χ1) is 12.8. The van der Waals surface area contributed by atoms with E-state index in [9.17, 15) is 4.79 Å². The zero-order chi connectivity index (χ0) is 17.8. The van der Waals surface area contributed by atoms with Gasteiger partial charge in [0.15, 0.2) is 0 Å². The Morgan fingerprint density at radius 2 is 1.69 bits per heavy atom. The van der Waals surface area contributed by atoms with Gasteiger partial charge in [-0.3, -0.25) is 9.48 Å². The average molecular weight is 343 g/mol. The van der Waals surface area contributed by atoms with Crippen molar-refractivity contribution in [2.75, 3.05) is 13.1 Å². The first-order valence-corrected chi connectivity index (χ1v) is 8.93. The summed E-state index contributed by atoms with van der Waals surface area (Å²) in [5.41, 5.74) is 4.10. The first kappa shape index (κ1) is 16.3. The smallest absolute Gasteiger partial charge is 0.246 e. The maximum absolute atomic E-state index is 12.2. The van der Waals surface area contributed by atoms with Crippen molar-refractivity contribution in [1.29, 1.82) is 0 Å². The molecule has 0 radical (unpaired) electrons. The normalized spacial score (nSPS) is 13.8. The van der Waals surface area contributed by atoms with Gasteiger partial charge in [-0.05, 0) is 18.1 Å². The van der Waals surface area contributed by atoms with Crippen LogP contribution in [0, 0.1) is 0 Å². The van der Waals surface area contributed by atoms with E-state index in [0.29, 0.717) is 6.54 Å². The zero-order valence-electron chi connectivity index (χ0n) is 14.6. The predicted octanol–water partition coefficient (Wildman–Crippen LogP) is 3.84. The van der Waals surface area contributed by atoms with Crippen molar-refractivity contribution in [3.63, 3.8) is 0 Å². The third-order valence-corrected chi connectivity index (χ3v) is 4.60. The minimum absolute atomic E-state index is 0.0751. The number of likely N-dealkylation sites (tertiary alicyclic amines) is 1. The van der Waals surface area contributed by atoms with Crippen LogP contribution in [0.3, 0.4) is 0 Å². The molecular formula is C22H21N3O. The fraction of sp³-hybridized carbons (Fsp3) is 0.182. The minimum atomic E-state index is 0.0751. The monoisotopic (exact) mass is 343 g/mol. The van der Waals surface area contributed by atoms with E-state index < -0.39 is 0 Å². The molecule has 0 unspecified atom stereocenters. The van der Waals surface area contributed by atoms with Crippen LogP contribution >= 0.6 is 0 Å². The number of nitrogens with zero attached hydrogens (tertiary/aromatic N) is 3. The number of carbonyl (C=O) groups excluding carboxylic acids is 1. The third kappa shape index (κ3) is 3.59. The predicted molar refractivity (Wildman–Crippen MR) is 103 cm³/mol. The Labute approximate surface area is 153 Å². The Balaban J connectivity index is 1.64. The number of hydrogen-bond acceptors (Lipinski definition) is 2. The van der Waals surface area contributed by atoms with Crippen molar-refractivity contribution in [1.82, 2.24) is 14.7 Å². The second-order valence-corrected chi connectivity index (χ2v) is 6.49. The van der Waals surface area contributed by atoms with Gasteiger partial charge in [0.2, 0.25) is 5.91 Å². The highest BCUT2D eigenvalue weighted by molar-refractivity contribution is 5.93. The van der Waals surface area contributed by atoms with Gasteiger partial charge in [-0.1, -0.05) is 60.7 Å². The topological polar surface area (TPSA) is 38.1 Å². The summed E-state index contributed by atoms with van der Waals surface area (Å²) in [5.74, 6) is 0.0751. The molecule has 3 aromatic rings. The quantitative estimate of drug-likeness (QED) is 0.660. The fourth-order valence-corrected chi connectivity index (χ4v) is 3.03. The van der Waals surface area contributed by atoms with Gasteiger partial charge in [0.25, 0.3) is 0 Å².